The van der Waals surface area contributed by atoms with Crippen molar-refractivity contribution in [2.45, 2.75) is 77.1 Å². The Morgan fingerprint density at radius 3 is 2.17 bits per heavy atom. The molecular formula is C14H33NO2Si. The van der Waals surface area contributed by atoms with Crippen molar-refractivity contribution in [1.29, 1.82) is 0 Å². The first-order valence-electron chi connectivity index (χ1n) is 7.50. The Morgan fingerprint density at radius 2 is 1.61 bits per heavy atom. The van der Waals surface area contributed by atoms with Gasteiger partial charge in [0.2, 0.25) is 0 Å². The van der Waals surface area contributed by atoms with Crippen molar-refractivity contribution in [1.82, 2.24) is 0 Å². The highest BCUT2D eigenvalue weighted by Gasteiger charge is 2.23. The zero-order valence-electron chi connectivity index (χ0n) is 12.6. The molecular weight excluding hydrogens is 242 g/mol. The van der Waals surface area contributed by atoms with E-state index in [4.69, 9.17) is 15.3 Å². The van der Waals surface area contributed by atoms with E-state index < -0.39 is 8.32 Å². The fourth-order valence-corrected chi connectivity index (χ4v) is 4.69. The van der Waals surface area contributed by atoms with Crippen LogP contribution in [0.5, 0.6) is 0 Å². The van der Waals surface area contributed by atoms with Crippen molar-refractivity contribution < 1.29 is 9.53 Å². The van der Waals surface area contributed by atoms with Gasteiger partial charge in [-0.15, -0.1) is 0 Å². The second-order valence-electron chi connectivity index (χ2n) is 5.86. The number of hydrogen-bond donors (Lipinski definition) is 2. The lowest BCUT2D eigenvalue weighted by Gasteiger charge is -2.27. The lowest BCUT2D eigenvalue weighted by Crippen LogP contribution is -2.35. The van der Waals surface area contributed by atoms with Crippen molar-refractivity contribution in [2.75, 3.05) is 13.2 Å². The van der Waals surface area contributed by atoms with Crippen LogP contribution in [-0.2, 0) is 4.43 Å². The normalized spacial score (nSPS) is 13.8. The first-order valence-corrected chi connectivity index (χ1v) is 10.6. The summed E-state index contributed by atoms with van der Waals surface area (Å²) in [4.78, 5) is 0. The molecule has 0 heterocycles. The third-order valence-corrected chi connectivity index (χ3v) is 5.88. The molecule has 3 nitrogen and oxygen atoms in total. The third kappa shape index (κ3) is 11.2. The maximum Gasteiger partial charge on any atom is 0.187 e. The third-order valence-electron chi connectivity index (χ3n) is 3.28. The zero-order chi connectivity index (χ0) is 13.9. The Morgan fingerprint density at radius 1 is 1.06 bits per heavy atom. The van der Waals surface area contributed by atoms with Gasteiger partial charge < -0.3 is 15.3 Å². The summed E-state index contributed by atoms with van der Waals surface area (Å²) in [6.07, 6.45) is 8.56. The summed E-state index contributed by atoms with van der Waals surface area (Å²) < 4.78 is 6.15. The van der Waals surface area contributed by atoms with Crippen molar-refractivity contribution in [3.8, 4) is 0 Å². The van der Waals surface area contributed by atoms with E-state index in [1.807, 2.05) is 0 Å². The topological polar surface area (TPSA) is 55.5 Å². The molecule has 0 aromatic carbocycles. The first kappa shape index (κ1) is 18.1. The number of aliphatic hydroxyl groups excluding tert-OH is 1. The highest BCUT2D eigenvalue weighted by atomic mass is 28.4. The fraction of sp³-hybridized carbons (Fsp3) is 1.00. The van der Waals surface area contributed by atoms with Crippen LogP contribution in [0.2, 0.25) is 19.1 Å². The second-order valence-corrected chi connectivity index (χ2v) is 10.1. The summed E-state index contributed by atoms with van der Waals surface area (Å²) in [6.45, 7) is 7.82. The van der Waals surface area contributed by atoms with Crippen LogP contribution in [0.15, 0.2) is 0 Å². The van der Waals surface area contributed by atoms with Gasteiger partial charge in [-0.1, -0.05) is 32.1 Å². The molecule has 0 saturated carbocycles. The number of rotatable bonds is 12. The molecule has 0 saturated heterocycles. The molecule has 18 heavy (non-hydrogen) atoms. The van der Waals surface area contributed by atoms with Gasteiger partial charge >= 0.3 is 0 Å². The summed E-state index contributed by atoms with van der Waals surface area (Å²) in [5, 5.41) is 8.68. The van der Waals surface area contributed by atoms with E-state index in [1.54, 1.807) is 0 Å². The molecule has 0 rings (SSSR count). The Kier molecular flexibility index (Phi) is 11.0. The van der Waals surface area contributed by atoms with Gasteiger partial charge in [0.15, 0.2) is 8.32 Å². The van der Waals surface area contributed by atoms with E-state index in [2.05, 4.69) is 20.0 Å². The molecule has 0 bridgehead atoms. The van der Waals surface area contributed by atoms with Crippen LogP contribution in [0.3, 0.4) is 0 Å². The Hall–Kier alpha value is 0.0969. The summed E-state index contributed by atoms with van der Waals surface area (Å²) >= 11 is 0. The van der Waals surface area contributed by atoms with E-state index in [0.717, 1.165) is 19.4 Å². The zero-order valence-corrected chi connectivity index (χ0v) is 13.6. The molecule has 0 fully saturated rings. The first-order chi connectivity index (χ1) is 8.52. The molecule has 0 amide bonds. The smallest absolute Gasteiger partial charge is 0.187 e. The molecule has 0 spiro atoms. The number of unbranched alkanes of at least 4 members (excludes halogenated alkanes) is 5. The number of aliphatic hydroxyl groups is 1. The van der Waals surface area contributed by atoms with Crippen molar-refractivity contribution >= 4 is 8.32 Å². The molecule has 0 aromatic heterocycles. The van der Waals surface area contributed by atoms with E-state index in [0.29, 0.717) is 12.7 Å². The molecule has 110 valence electrons. The number of nitrogens with two attached hydrogens (primary N) is 1. The molecule has 1 unspecified atom stereocenters. The molecule has 3 N–H and O–H groups in total. The fourth-order valence-electron chi connectivity index (χ4n) is 2.27. The van der Waals surface area contributed by atoms with Gasteiger partial charge in [-0.2, -0.15) is 0 Å². The van der Waals surface area contributed by atoms with Crippen LogP contribution in [0.1, 0.15) is 51.9 Å². The van der Waals surface area contributed by atoms with Gasteiger partial charge in [0.25, 0.3) is 0 Å². The summed E-state index contributed by atoms with van der Waals surface area (Å²) in [7, 11) is -1.47. The summed E-state index contributed by atoms with van der Waals surface area (Å²) in [6, 6.07) is 1.25. The van der Waals surface area contributed by atoms with Crippen molar-refractivity contribution in [3.05, 3.63) is 0 Å². The maximum atomic E-state index is 8.68. The predicted octanol–water partition coefficient (Wildman–Crippen LogP) is 3.28. The molecule has 0 aliphatic carbocycles. The van der Waals surface area contributed by atoms with Gasteiger partial charge in [-0.05, 0) is 45.4 Å². The van der Waals surface area contributed by atoms with E-state index >= 15 is 0 Å². The summed E-state index contributed by atoms with van der Waals surface area (Å²) in [5.74, 6) is 0. The van der Waals surface area contributed by atoms with E-state index in [9.17, 15) is 0 Å². The molecule has 1 atom stereocenters. The predicted molar refractivity (Wildman–Crippen MR) is 81.3 cm³/mol. The Labute approximate surface area is 114 Å². The van der Waals surface area contributed by atoms with Crippen LogP contribution in [0.25, 0.3) is 0 Å². The van der Waals surface area contributed by atoms with E-state index in [1.165, 1.54) is 38.1 Å². The Bertz CT molecular complexity index is 189. The minimum Gasteiger partial charge on any atom is -0.415 e. The van der Waals surface area contributed by atoms with Crippen LogP contribution >= 0.6 is 0 Å². The average molecular weight is 276 g/mol. The van der Waals surface area contributed by atoms with Crippen molar-refractivity contribution in [2.24, 2.45) is 5.73 Å². The highest BCUT2D eigenvalue weighted by molar-refractivity contribution is 6.71. The van der Waals surface area contributed by atoms with Crippen LogP contribution in [-0.4, -0.2) is 32.7 Å². The lowest BCUT2D eigenvalue weighted by atomic mass is 10.1. The largest absolute Gasteiger partial charge is 0.415 e. The van der Waals surface area contributed by atoms with E-state index in [-0.39, 0.29) is 0 Å². The molecule has 0 aliphatic heterocycles. The van der Waals surface area contributed by atoms with Gasteiger partial charge in [0.1, 0.15) is 0 Å². The molecule has 0 aromatic rings. The van der Waals surface area contributed by atoms with Gasteiger partial charge in [0, 0.05) is 12.7 Å². The molecule has 0 radical (unpaired) electrons. The van der Waals surface area contributed by atoms with Crippen LogP contribution in [0.4, 0.5) is 0 Å². The van der Waals surface area contributed by atoms with Gasteiger partial charge in [-0.3, -0.25) is 0 Å². The van der Waals surface area contributed by atoms with Crippen LogP contribution in [0, 0.1) is 0 Å². The molecule has 4 heteroatoms. The quantitative estimate of drug-likeness (QED) is 0.424. The van der Waals surface area contributed by atoms with Crippen LogP contribution < -0.4 is 5.73 Å². The monoisotopic (exact) mass is 275 g/mol. The van der Waals surface area contributed by atoms with Gasteiger partial charge in [0.05, 0.1) is 0 Å². The number of hydrogen-bond acceptors (Lipinski definition) is 3. The van der Waals surface area contributed by atoms with Gasteiger partial charge in [-0.25, -0.2) is 0 Å². The Balaban J connectivity index is 3.51. The average Bonchev–Trinajstić information content (AvgIpc) is 2.27. The standard InChI is InChI=1S/C14H33NO2Si/c1-14(10-11-15)17-18(2,3)13-9-7-5-4-6-8-12-16/h14,16H,4-13,15H2,1-3H3. The minimum atomic E-state index is -1.47. The lowest BCUT2D eigenvalue weighted by molar-refractivity contribution is 0.202. The highest BCUT2D eigenvalue weighted by Crippen LogP contribution is 2.19. The maximum absolute atomic E-state index is 8.68. The summed E-state index contributed by atoms with van der Waals surface area (Å²) in [5.41, 5.74) is 5.55. The SMILES string of the molecule is CC(CCN)O[Si](C)(C)CCCCCCCCO. The van der Waals surface area contributed by atoms with Crippen molar-refractivity contribution in [3.63, 3.8) is 0 Å². The minimum absolute atomic E-state index is 0.321. The molecule has 0 aliphatic rings. The second kappa shape index (κ2) is 11.0.